The molecule has 0 aliphatic heterocycles. The molecule has 3 rings (SSSR count). The summed E-state index contributed by atoms with van der Waals surface area (Å²) in [6.45, 7) is 5.93. The molecule has 0 saturated carbocycles. The Morgan fingerprint density at radius 2 is 1.86 bits per heavy atom. The average molecular weight is 400 g/mol. The second-order valence-corrected chi connectivity index (χ2v) is 7.41. The monoisotopic (exact) mass is 399 g/mol. The Hall–Kier alpha value is -2.27. The molecule has 4 nitrogen and oxygen atoms in total. The summed E-state index contributed by atoms with van der Waals surface area (Å²) >= 11 is 6.32. The Balaban J connectivity index is 1.64. The molecule has 1 atom stereocenters. The highest BCUT2D eigenvalue weighted by Gasteiger charge is 2.16. The van der Waals surface area contributed by atoms with E-state index < -0.39 is 6.10 Å². The lowest BCUT2D eigenvalue weighted by atomic mass is 10.1. The lowest BCUT2D eigenvalue weighted by Crippen LogP contribution is -2.35. The fraction of sp³-hybridized carbons (Fsp3) is 0.304. The van der Waals surface area contributed by atoms with E-state index in [1.807, 2.05) is 68.4 Å². The van der Waals surface area contributed by atoms with Crippen LogP contribution in [-0.2, 0) is 13.1 Å². The van der Waals surface area contributed by atoms with Gasteiger partial charge in [0.25, 0.3) is 0 Å². The molecule has 1 aromatic heterocycles. The van der Waals surface area contributed by atoms with Crippen LogP contribution in [-0.4, -0.2) is 29.3 Å². The van der Waals surface area contributed by atoms with Crippen molar-refractivity contribution in [2.45, 2.75) is 33.0 Å². The quantitative estimate of drug-likeness (QED) is 0.550. The molecule has 0 spiro atoms. The molecule has 0 bridgehead atoms. The summed E-state index contributed by atoms with van der Waals surface area (Å²) in [7, 11) is 0. The predicted molar refractivity (Wildman–Crippen MR) is 112 cm³/mol. The topological polar surface area (TPSA) is 45.8 Å². The number of halogens is 1. The van der Waals surface area contributed by atoms with Gasteiger partial charge in [0, 0.05) is 18.1 Å². The number of nitrogens with zero attached hydrogens (tertiary/aromatic N) is 1. The number of benzene rings is 2. The minimum atomic E-state index is -0.641. The van der Waals surface area contributed by atoms with E-state index >= 15 is 0 Å². The maximum absolute atomic E-state index is 10.6. The molecule has 1 heterocycles. The molecule has 0 saturated heterocycles. The third-order valence-electron chi connectivity index (χ3n) is 4.77. The molecule has 5 heteroatoms. The molecule has 148 valence electrons. The van der Waals surface area contributed by atoms with Gasteiger partial charge in [-0.1, -0.05) is 41.9 Å². The van der Waals surface area contributed by atoms with E-state index in [0.29, 0.717) is 24.7 Å². The van der Waals surface area contributed by atoms with E-state index in [2.05, 4.69) is 4.90 Å². The Morgan fingerprint density at radius 1 is 1.04 bits per heavy atom. The van der Waals surface area contributed by atoms with Gasteiger partial charge in [0.2, 0.25) is 0 Å². The zero-order valence-corrected chi connectivity index (χ0v) is 17.0. The Bertz CT molecular complexity index is 879. The molecule has 2 aromatic carbocycles. The van der Waals surface area contributed by atoms with Gasteiger partial charge in [0.05, 0.1) is 12.8 Å². The second kappa shape index (κ2) is 9.78. The Kier molecular flexibility index (Phi) is 7.15. The van der Waals surface area contributed by atoms with Crippen molar-refractivity contribution in [3.63, 3.8) is 0 Å². The van der Waals surface area contributed by atoms with Crippen molar-refractivity contribution in [2.24, 2.45) is 0 Å². The summed E-state index contributed by atoms with van der Waals surface area (Å²) < 4.78 is 11.3. The van der Waals surface area contributed by atoms with Crippen LogP contribution < -0.4 is 4.74 Å². The largest absolute Gasteiger partial charge is 0.491 e. The molecule has 0 aliphatic carbocycles. The number of aryl methyl sites for hydroxylation is 1. The van der Waals surface area contributed by atoms with Gasteiger partial charge < -0.3 is 14.3 Å². The van der Waals surface area contributed by atoms with Crippen LogP contribution >= 0.6 is 11.6 Å². The molecule has 0 fully saturated rings. The maximum Gasteiger partial charge on any atom is 0.122 e. The van der Waals surface area contributed by atoms with Crippen LogP contribution in [0, 0.1) is 13.8 Å². The zero-order valence-electron chi connectivity index (χ0n) is 16.3. The van der Waals surface area contributed by atoms with Gasteiger partial charge in [-0.05, 0) is 54.8 Å². The van der Waals surface area contributed by atoms with Gasteiger partial charge in [0.15, 0.2) is 0 Å². The molecule has 3 aromatic rings. The Labute approximate surface area is 171 Å². The molecule has 0 amide bonds. The van der Waals surface area contributed by atoms with E-state index in [-0.39, 0.29) is 6.61 Å². The number of hydrogen-bond donors (Lipinski definition) is 1. The van der Waals surface area contributed by atoms with Crippen molar-refractivity contribution >= 4 is 11.6 Å². The zero-order chi connectivity index (χ0) is 19.9. The molecule has 0 radical (unpaired) electrons. The summed E-state index contributed by atoms with van der Waals surface area (Å²) in [6, 6.07) is 17.5. The van der Waals surface area contributed by atoms with Gasteiger partial charge in [0.1, 0.15) is 24.2 Å². The normalized spacial score (nSPS) is 12.3. The van der Waals surface area contributed by atoms with Crippen LogP contribution in [0.1, 0.15) is 22.5 Å². The summed E-state index contributed by atoms with van der Waals surface area (Å²) in [5.41, 5.74) is 3.28. The summed E-state index contributed by atoms with van der Waals surface area (Å²) in [6.07, 6.45) is 1.01. The van der Waals surface area contributed by atoms with E-state index in [4.69, 9.17) is 20.8 Å². The Morgan fingerprint density at radius 3 is 2.61 bits per heavy atom. The first-order valence-corrected chi connectivity index (χ1v) is 9.76. The fourth-order valence-corrected chi connectivity index (χ4v) is 3.29. The van der Waals surface area contributed by atoms with Crippen molar-refractivity contribution < 1.29 is 14.3 Å². The summed E-state index contributed by atoms with van der Waals surface area (Å²) in [5.74, 6) is 1.65. The number of hydrogen-bond acceptors (Lipinski definition) is 4. The first kappa shape index (κ1) is 20.5. The summed E-state index contributed by atoms with van der Waals surface area (Å²) in [5, 5.41) is 11.3. The number of furan rings is 1. The van der Waals surface area contributed by atoms with Gasteiger partial charge in [-0.15, -0.1) is 0 Å². The van der Waals surface area contributed by atoms with E-state index in [0.717, 1.165) is 22.6 Å². The molecular formula is C23H26ClNO3. The molecule has 28 heavy (non-hydrogen) atoms. The molecular weight excluding hydrogens is 374 g/mol. The number of aliphatic hydroxyl groups excluding tert-OH is 1. The number of aliphatic hydroxyl groups is 1. The highest BCUT2D eigenvalue weighted by Crippen LogP contribution is 2.21. The SMILES string of the molecule is Cc1cccc(OCC(O)CN(Cc2ccco2)Cc2ccccc2Cl)c1C. The third kappa shape index (κ3) is 5.61. The third-order valence-corrected chi connectivity index (χ3v) is 5.14. The van der Waals surface area contributed by atoms with E-state index in [9.17, 15) is 5.11 Å². The smallest absolute Gasteiger partial charge is 0.122 e. The number of ether oxygens (including phenoxy) is 1. The lowest BCUT2D eigenvalue weighted by molar-refractivity contribution is 0.0602. The molecule has 0 aliphatic rings. The van der Waals surface area contributed by atoms with Gasteiger partial charge >= 0.3 is 0 Å². The second-order valence-electron chi connectivity index (χ2n) is 7.00. The number of rotatable bonds is 9. The fourth-order valence-electron chi connectivity index (χ4n) is 3.09. The van der Waals surface area contributed by atoms with Gasteiger partial charge in [-0.3, -0.25) is 4.90 Å². The molecule has 1 unspecified atom stereocenters. The van der Waals surface area contributed by atoms with Crippen molar-refractivity contribution in [2.75, 3.05) is 13.2 Å². The minimum Gasteiger partial charge on any atom is -0.491 e. The van der Waals surface area contributed by atoms with Crippen LogP contribution in [0.2, 0.25) is 5.02 Å². The van der Waals surface area contributed by atoms with Crippen LogP contribution in [0.15, 0.2) is 65.3 Å². The van der Waals surface area contributed by atoms with Crippen molar-refractivity contribution in [1.29, 1.82) is 0 Å². The minimum absolute atomic E-state index is 0.224. The lowest BCUT2D eigenvalue weighted by Gasteiger charge is -2.25. The standard InChI is InChI=1S/C23H26ClNO3/c1-17-7-5-11-23(18(17)2)28-16-20(26)14-25(15-21-9-6-12-27-21)13-19-8-3-4-10-22(19)24/h3-12,20,26H,13-16H2,1-2H3. The summed E-state index contributed by atoms with van der Waals surface area (Å²) in [4.78, 5) is 2.11. The van der Waals surface area contributed by atoms with Gasteiger partial charge in [-0.2, -0.15) is 0 Å². The van der Waals surface area contributed by atoms with Gasteiger partial charge in [-0.25, -0.2) is 0 Å². The van der Waals surface area contributed by atoms with Crippen LogP contribution in [0.25, 0.3) is 0 Å². The first-order valence-electron chi connectivity index (χ1n) is 9.38. The maximum atomic E-state index is 10.6. The average Bonchev–Trinajstić information content (AvgIpc) is 3.18. The van der Waals surface area contributed by atoms with Crippen molar-refractivity contribution in [3.05, 3.63) is 88.3 Å². The highest BCUT2D eigenvalue weighted by molar-refractivity contribution is 6.31. The first-order chi connectivity index (χ1) is 13.5. The van der Waals surface area contributed by atoms with Crippen molar-refractivity contribution in [1.82, 2.24) is 4.90 Å². The molecule has 1 N–H and O–H groups in total. The highest BCUT2D eigenvalue weighted by atomic mass is 35.5. The van der Waals surface area contributed by atoms with Crippen LogP contribution in [0.4, 0.5) is 0 Å². The van der Waals surface area contributed by atoms with E-state index in [1.54, 1.807) is 6.26 Å². The predicted octanol–water partition coefficient (Wildman–Crippen LogP) is 4.99. The van der Waals surface area contributed by atoms with Crippen LogP contribution in [0.5, 0.6) is 5.75 Å². The van der Waals surface area contributed by atoms with Crippen LogP contribution in [0.3, 0.4) is 0 Å². The van der Waals surface area contributed by atoms with Crippen molar-refractivity contribution in [3.8, 4) is 5.75 Å². The van der Waals surface area contributed by atoms with E-state index in [1.165, 1.54) is 5.56 Å².